The van der Waals surface area contributed by atoms with E-state index in [4.69, 9.17) is 11.5 Å². The maximum atomic E-state index is 14.3. The number of likely N-dealkylation sites (tertiary alicyclic amines) is 1. The standard InChI is InChI=1S/C49H76N12O14/c1-23(2)16-31(54-44(69)35(21-62)58-40(65)26(7)50)42(67)55-32(19-38(51)64)43(68)56-33(17-24(3)4)48(73)61-15-11-14-37(61)46(71)53-27(8)41(66)60-39(25(5)6)47(72)59-36(22-63)45(70)57-34(49(74)75)18-28-20-52-30-13-10-9-12-29(28)30/h9-10,12-13,20,23-27,31-37,39,52,62-63H,11,14-19,21-22,50H2,1-8H3,(H2,51,64)(H,53,71)(H,54,69)(H,55,67)(H,56,68)(H,57,70)(H,58,65)(H,59,72)(H,60,66)(H,74,75)/t26-,27-,31-,32-,33-,34-,35-,36-,37-,39-/m0/s1. The monoisotopic (exact) mass is 1060 g/mol. The molecule has 0 unspecified atom stereocenters. The number of rotatable bonds is 29. The molecular weight excluding hydrogens is 981 g/mol. The Morgan fingerprint density at radius 3 is 1.69 bits per heavy atom. The molecule has 10 amide bonds. The highest BCUT2D eigenvalue weighted by molar-refractivity contribution is 5.99. The highest BCUT2D eigenvalue weighted by atomic mass is 16.4. The maximum Gasteiger partial charge on any atom is 0.326 e. The van der Waals surface area contributed by atoms with E-state index in [9.17, 15) is 68.1 Å². The van der Waals surface area contributed by atoms with Gasteiger partial charge in [-0.25, -0.2) is 4.79 Å². The first-order valence-electron chi connectivity index (χ1n) is 25.0. The van der Waals surface area contributed by atoms with Crippen molar-refractivity contribution in [3.05, 3.63) is 36.0 Å². The molecule has 2 aromatic rings. The topological polar surface area (TPSA) is 416 Å². The largest absolute Gasteiger partial charge is 0.480 e. The van der Waals surface area contributed by atoms with Crippen molar-refractivity contribution in [3.63, 3.8) is 0 Å². The quantitative estimate of drug-likeness (QED) is 0.0379. The number of hydrogen-bond donors (Lipinski definition) is 14. The van der Waals surface area contributed by atoms with Crippen LogP contribution in [-0.2, 0) is 59.2 Å². The van der Waals surface area contributed by atoms with Gasteiger partial charge in [-0.1, -0.05) is 59.7 Å². The Balaban J connectivity index is 1.70. The SMILES string of the molecule is CC(C)C[C@H](NC(=O)[C@H](CO)NC(=O)[C@H](C)N)C(=O)N[C@@H](CC(N)=O)C(=O)N[C@@H](CC(C)C)C(=O)N1CCC[C@H]1C(=O)N[C@@H](C)C(=O)N[C@H](C(=O)N[C@@H](CO)C(=O)N[C@@H](Cc1c[nH]c2ccccc12)C(=O)O)C(C)C. The Morgan fingerprint density at radius 2 is 1.15 bits per heavy atom. The number of primary amides is 1. The van der Waals surface area contributed by atoms with Crippen LogP contribution < -0.4 is 54.0 Å². The first kappa shape index (κ1) is 62.1. The normalized spacial score (nSPS) is 17.0. The average molecular weight is 1060 g/mol. The van der Waals surface area contributed by atoms with Gasteiger partial charge in [0.1, 0.15) is 54.4 Å². The number of aliphatic hydroxyl groups is 2. The van der Waals surface area contributed by atoms with Gasteiger partial charge in [-0.3, -0.25) is 47.9 Å². The van der Waals surface area contributed by atoms with Gasteiger partial charge in [0.25, 0.3) is 0 Å². The summed E-state index contributed by atoms with van der Waals surface area (Å²) in [7, 11) is 0. The number of benzene rings is 1. The minimum atomic E-state index is -1.65. The lowest BCUT2D eigenvalue weighted by Gasteiger charge is -2.31. The summed E-state index contributed by atoms with van der Waals surface area (Å²) in [5, 5.41) is 50.2. The van der Waals surface area contributed by atoms with Crippen LogP contribution >= 0.6 is 0 Å². The smallest absolute Gasteiger partial charge is 0.326 e. The summed E-state index contributed by atoms with van der Waals surface area (Å²) in [5.74, 6) is -11.1. The number of nitrogens with zero attached hydrogens (tertiary/aromatic N) is 1. The first-order chi connectivity index (χ1) is 35.2. The molecule has 2 heterocycles. The number of carboxylic acid groups (broad SMARTS) is 1. The van der Waals surface area contributed by atoms with Gasteiger partial charge in [0.15, 0.2) is 0 Å². The number of aromatic amines is 1. The molecule has 416 valence electrons. The fraction of sp³-hybridized carbons (Fsp3) is 0.612. The molecule has 1 aromatic heterocycles. The molecule has 1 aliphatic heterocycles. The molecule has 0 bridgehead atoms. The van der Waals surface area contributed by atoms with Gasteiger partial charge in [0.05, 0.1) is 25.7 Å². The fourth-order valence-electron chi connectivity index (χ4n) is 8.26. The van der Waals surface area contributed by atoms with Gasteiger partial charge in [-0.2, -0.15) is 0 Å². The van der Waals surface area contributed by atoms with Gasteiger partial charge in [0, 0.05) is 30.1 Å². The van der Waals surface area contributed by atoms with Crippen LogP contribution in [0.25, 0.3) is 10.9 Å². The zero-order valence-electron chi connectivity index (χ0n) is 43.7. The third kappa shape index (κ3) is 18.6. The summed E-state index contributed by atoms with van der Waals surface area (Å²) < 4.78 is 0. The number of aliphatic hydroxyl groups excluding tert-OH is 2. The van der Waals surface area contributed by atoms with Crippen LogP contribution in [0.1, 0.15) is 93.1 Å². The fourth-order valence-corrected chi connectivity index (χ4v) is 8.26. The van der Waals surface area contributed by atoms with E-state index >= 15 is 0 Å². The Kier molecular flexibility index (Phi) is 24.1. The highest BCUT2D eigenvalue weighted by Crippen LogP contribution is 2.22. The lowest BCUT2D eigenvalue weighted by molar-refractivity contribution is -0.143. The number of nitrogens with one attached hydrogen (secondary N) is 9. The number of H-pyrrole nitrogens is 1. The number of carboxylic acids is 1. The summed E-state index contributed by atoms with van der Waals surface area (Å²) in [6, 6.07) is -6.40. The number of carbonyl (C=O) groups is 11. The van der Waals surface area contributed by atoms with Gasteiger partial charge in [-0.15, -0.1) is 0 Å². The van der Waals surface area contributed by atoms with E-state index in [0.29, 0.717) is 12.0 Å². The third-order valence-corrected chi connectivity index (χ3v) is 12.3. The van der Waals surface area contributed by atoms with Crippen LogP contribution in [0.2, 0.25) is 0 Å². The third-order valence-electron chi connectivity index (χ3n) is 12.3. The summed E-state index contributed by atoms with van der Waals surface area (Å²) in [4.78, 5) is 150. The van der Waals surface area contributed by atoms with Crippen LogP contribution in [0, 0.1) is 17.8 Å². The summed E-state index contributed by atoms with van der Waals surface area (Å²) in [5.41, 5.74) is 12.4. The van der Waals surface area contributed by atoms with Crippen LogP contribution in [-0.4, -0.2) is 170 Å². The van der Waals surface area contributed by atoms with E-state index < -0.39 is 151 Å². The molecule has 0 radical (unpaired) electrons. The van der Waals surface area contributed by atoms with E-state index in [1.54, 1.807) is 72.0 Å². The van der Waals surface area contributed by atoms with Gasteiger partial charge in [-0.05, 0) is 68.9 Å². The number of aromatic nitrogens is 1. The number of hydrogen-bond acceptors (Lipinski definition) is 14. The van der Waals surface area contributed by atoms with E-state index in [2.05, 4.69) is 47.5 Å². The van der Waals surface area contributed by atoms with Gasteiger partial charge in [0.2, 0.25) is 59.1 Å². The summed E-state index contributed by atoms with van der Waals surface area (Å²) in [6.45, 7) is 11.2. The number of carbonyl (C=O) groups excluding carboxylic acids is 10. The first-order valence-corrected chi connectivity index (χ1v) is 25.0. The molecule has 0 spiro atoms. The molecule has 16 N–H and O–H groups in total. The minimum Gasteiger partial charge on any atom is -0.480 e. The molecule has 1 fully saturated rings. The zero-order valence-corrected chi connectivity index (χ0v) is 43.7. The number of fused-ring (bicyclic) bond motifs is 1. The Bertz CT molecular complexity index is 2370. The molecule has 75 heavy (non-hydrogen) atoms. The van der Waals surface area contributed by atoms with Crippen LogP contribution in [0.15, 0.2) is 30.5 Å². The summed E-state index contributed by atoms with van der Waals surface area (Å²) in [6.07, 6.45) is 1.35. The van der Waals surface area contributed by atoms with Crippen molar-refractivity contribution in [2.24, 2.45) is 29.2 Å². The Labute approximate surface area is 434 Å². The predicted molar refractivity (Wildman–Crippen MR) is 271 cm³/mol. The highest BCUT2D eigenvalue weighted by Gasteiger charge is 2.41. The molecule has 26 nitrogen and oxygen atoms in total. The van der Waals surface area contributed by atoms with Crippen molar-refractivity contribution in [3.8, 4) is 0 Å². The average Bonchev–Trinajstić information content (AvgIpc) is 4.00. The molecule has 3 rings (SSSR count). The molecule has 1 aromatic carbocycles. The van der Waals surface area contributed by atoms with Crippen LogP contribution in [0.3, 0.4) is 0 Å². The Morgan fingerprint density at radius 1 is 0.640 bits per heavy atom. The second kappa shape index (κ2) is 29.0. The summed E-state index contributed by atoms with van der Waals surface area (Å²) >= 11 is 0. The van der Waals surface area contributed by atoms with Crippen molar-refractivity contribution in [2.75, 3.05) is 19.8 Å². The van der Waals surface area contributed by atoms with Crippen molar-refractivity contribution < 1.29 is 68.1 Å². The zero-order chi connectivity index (χ0) is 56.4. The van der Waals surface area contributed by atoms with E-state index in [-0.39, 0.29) is 44.1 Å². The molecule has 1 saturated heterocycles. The number of para-hydroxylation sites is 1. The van der Waals surface area contributed by atoms with Gasteiger partial charge >= 0.3 is 5.97 Å². The van der Waals surface area contributed by atoms with E-state index in [1.807, 2.05) is 0 Å². The predicted octanol–water partition coefficient (Wildman–Crippen LogP) is -3.36. The number of amides is 10. The molecule has 26 heteroatoms. The van der Waals surface area contributed by atoms with Crippen LogP contribution in [0.4, 0.5) is 0 Å². The molecule has 1 aliphatic rings. The number of nitrogens with two attached hydrogens (primary N) is 2. The van der Waals surface area contributed by atoms with E-state index in [0.717, 1.165) is 10.9 Å². The molecular formula is C49H76N12O14. The molecule has 10 atom stereocenters. The molecule has 0 saturated carbocycles. The maximum absolute atomic E-state index is 14.3. The van der Waals surface area contributed by atoms with Gasteiger partial charge < -0.3 is 79.2 Å². The second-order valence-electron chi connectivity index (χ2n) is 20.0. The van der Waals surface area contributed by atoms with Crippen molar-refractivity contribution >= 4 is 75.9 Å². The van der Waals surface area contributed by atoms with E-state index in [1.165, 1.54) is 18.7 Å². The van der Waals surface area contributed by atoms with Crippen molar-refractivity contribution in [1.82, 2.24) is 52.4 Å². The minimum absolute atomic E-state index is 0.0141. The van der Waals surface area contributed by atoms with Crippen molar-refractivity contribution in [2.45, 2.75) is 154 Å². The van der Waals surface area contributed by atoms with Crippen molar-refractivity contribution in [1.29, 1.82) is 0 Å². The molecule has 0 aliphatic carbocycles. The van der Waals surface area contributed by atoms with Crippen LogP contribution in [0.5, 0.6) is 0 Å². The number of aliphatic carboxylic acids is 1. The second-order valence-corrected chi connectivity index (χ2v) is 20.0. The lowest BCUT2D eigenvalue weighted by Crippen LogP contribution is -2.61. The lowest BCUT2D eigenvalue weighted by atomic mass is 10.00. The Hall–Kier alpha value is -7.19.